The van der Waals surface area contributed by atoms with Crippen LogP contribution >= 0.6 is 31.9 Å². The van der Waals surface area contributed by atoms with Crippen LogP contribution < -0.4 is 4.74 Å². The van der Waals surface area contributed by atoms with Crippen molar-refractivity contribution >= 4 is 53.4 Å². The second kappa shape index (κ2) is 8.56. The van der Waals surface area contributed by atoms with Gasteiger partial charge in [0.25, 0.3) is 0 Å². The SMILES string of the molecule is OC1(c2ccccc2Oc2ccccc2)c2cc(Br)ccc2-c2c1c1ccc(Br)cc1c1ccccc21. The maximum atomic E-state index is 13.1. The van der Waals surface area contributed by atoms with E-state index in [4.69, 9.17) is 4.74 Å². The molecule has 0 fully saturated rings. The summed E-state index contributed by atoms with van der Waals surface area (Å²) in [6.45, 7) is 0. The molecule has 0 bridgehead atoms. The van der Waals surface area contributed by atoms with Crippen LogP contribution in [-0.2, 0) is 5.60 Å². The minimum atomic E-state index is -1.43. The van der Waals surface area contributed by atoms with Gasteiger partial charge in [-0.25, -0.2) is 0 Å². The van der Waals surface area contributed by atoms with Gasteiger partial charge in [0.05, 0.1) is 0 Å². The molecule has 6 aromatic rings. The fourth-order valence-corrected chi connectivity index (χ4v) is 6.46. The summed E-state index contributed by atoms with van der Waals surface area (Å²) in [5, 5.41) is 17.4. The summed E-state index contributed by atoms with van der Waals surface area (Å²) in [4.78, 5) is 0. The fraction of sp³-hybridized carbons (Fsp3) is 0.0303. The monoisotopic (exact) mass is 606 g/mol. The minimum Gasteiger partial charge on any atom is -0.457 e. The van der Waals surface area contributed by atoms with Crippen molar-refractivity contribution < 1.29 is 9.84 Å². The normalized spacial score (nSPS) is 16.1. The van der Waals surface area contributed by atoms with Crippen LogP contribution in [0.15, 0.2) is 124 Å². The van der Waals surface area contributed by atoms with Crippen molar-refractivity contribution in [2.45, 2.75) is 5.60 Å². The van der Waals surface area contributed by atoms with E-state index in [1.807, 2.05) is 72.8 Å². The molecule has 0 radical (unpaired) electrons. The molecule has 0 spiro atoms. The van der Waals surface area contributed by atoms with E-state index in [9.17, 15) is 5.11 Å². The summed E-state index contributed by atoms with van der Waals surface area (Å²) >= 11 is 7.34. The molecule has 1 unspecified atom stereocenters. The van der Waals surface area contributed by atoms with E-state index in [2.05, 4.69) is 74.3 Å². The fourth-order valence-electron chi connectivity index (χ4n) is 5.74. The number of benzene rings is 6. The lowest BCUT2D eigenvalue weighted by molar-refractivity contribution is 0.129. The maximum Gasteiger partial charge on any atom is 0.146 e. The quantitative estimate of drug-likeness (QED) is 0.203. The van der Waals surface area contributed by atoms with Crippen LogP contribution in [0.25, 0.3) is 32.7 Å². The Labute approximate surface area is 231 Å². The van der Waals surface area contributed by atoms with Crippen LogP contribution in [0.5, 0.6) is 11.5 Å². The lowest BCUT2D eigenvalue weighted by atomic mass is 9.80. The summed E-state index contributed by atoms with van der Waals surface area (Å²) < 4.78 is 8.30. The molecule has 1 N–H and O–H groups in total. The first-order valence-corrected chi connectivity index (χ1v) is 13.6. The molecule has 0 heterocycles. The number of aliphatic hydroxyl groups is 1. The molecule has 0 aromatic heterocycles. The predicted octanol–water partition coefficient (Wildman–Crippen LogP) is 9.57. The van der Waals surface area contributed by atoms with E-state index in [0.29, 0.717) is 11.3 Å². The van der Waals surface area contributed by atoms with Gasteiger partial charge in [0.2, 0.25) is 0 Å². The van der Waals surface area contributed by atoms with Crippen molar-refractivity contribution in [3.63, 3.8) is 0 Å². The van der Waals surface area contributed by atoms with Crippen molar-refractivity contribution in [1.82, 2.24) is 0 Å². The van der Waals surface area contributed by atoms with Crippen molar-refractivity contribution in [3.8, 4) is 22.6 Å². The van der Waals surface area contributed by atoms with Gasteiger partial charge in [-0.1, -0.05) is 105 Å². The van der Waals surface area contributed by atoms with Gasteiger partial charge < -0.3 is 9.84 Å². The van der Waals surface area contributed by atoms with Crippen LogP contribution in [0.3, 0.4) is 0 Å². The zero-order valence-corrected chi connectivity index (χ0v) is 22.8. The first-order valence-electron chi connectivity index (χ1n) is 12.1. The third kappa shape index (κ3) is 3.40. The van der Waals surface area contributed by atoms with Gasteiger partial charge in [-0.05, 0) is 75.1 Å². The van der Waals surface area contributed by atoms with E-state index < -0.39 is 5.60 Å². The van der Waals surface area contributed by atoms with Crippen molar-refractivity contribution in [1.29, 1.82) is 0 Å². The lowest BCUT2D eigenvalue weighted by Crippen LogP contribution is -2.27. The van der Waals surface area contributed by atoms with Gasteiger partial charge in [-0.2, -0.15) is 0 Å². The van der Waals surface area contributed by atoms with Gasteiger partial charge in [0.1, 0.15) is 17.1 Å². The summed E-state index contributed by atoms with van der Waals surface area (Å²) in [6, 6.07) is 38.4. The molecular formula is C33H20Br2O2. The van der Waals surface area contributed by atoms with Gasteiger partial charge in [-0.3, -0.25) is 0 Å². The van der Waals surface area contributed by atoms with Crippen LogP contribution in [0.2, 0.25) is 0 Å². The third-order valence-corrected chi connectivity index (χ3v) is 8.22. The Morgan fingerprint density at radius 2 is 1.24 bits per heavy atom. The van der Waals surface area contributed by atoms with Crippen LogP contribution in [0.4, 0.5) is 0 Å². The Bertz CT molecular complexity index is 1850. The highest BCUT2D eigenvalue weighted by Crippen LogP contribution is 2.58. The average Bonchev–Trinajstić information content (AvgIpc) is 3.19. The number of rotatable bonds is 3. The molecular weight excluding hydrogens is 588 g/mol. The number of ether oxygens (including phenoxy) is 1. The number of para-hydroxylation sites is 2. The molecule has 1 aliphatic carbocycles. The number of hydrogen-bond acceptors (Lipinski definition) is 2. The van der Waals surface area contributed by atoms with Gasteiger partial charge in [0.15, 0.2) is 0 Å². The van der Waals surface area contributed by atoms with Crippen molar-refractivity contribution in [2.75, 3.05) is 0 Å². The Balaban J connectivity index is 1.63. The Kier molecular flexibility index (Phi) is 5.26. The van der Waals surface area contributed by atoms with E-state index in [1.54, 1.807) is 0 Å². The van der Waals surface area contributed by atoms with Crippen LogP contribution in [0.1, 0.15) is 16.7 Å². The standard InChI is InChI=1S/C33H20Br2O2/c34-20-14-16-25-27(18-20)23-10-4-5-11-24(23)31-26-17-15-21(35)19-29(26)33(36,32(25)31)28-12-6-7-13-30(28)37-22-8-2-1-3-9-22/h1-19,36H. The van der Waals surface area contributed by atoms with E-state index in [1.165, 1.54) is 0 Å². The lowest BCUT2D eigenvalue weighted by Gasteiger charge is -2.30. The smallest absolute Gasteiger partial charge is 0.146 e. The van der Waals surface area contributed by atoms with Gasteiger partial charge in [-0.15, -0.1) is 0 Å². The summed E-state index contributed by atoms with van der Waals surface area (Å²) in [7, 11) is 0. The molecule has 4 heteroatoms. The molecule has 0 amide bonds. The first-order chi connectivity index (χ1) is 18.1. The van der Waals surface area contributed by atoms with Crippen LogP contribution in [-0.4, -0.2) is 5.11 Å². The molecule has 6 aromatic carbocycles. The predicted molar refractivity (Wildman–Crippen MR) is 157 cm³/mol. The zero-order chi connectivity index (χ0) is 25.1. The summed E-state index contributed by atoms with van der Waals surface area (Å²) in [6.07, 6.45) is 0. The largest absolute Gasteiger partial charge is 0.457 e. The summed E-state index contributed by atoms with van der Waals surface area (Å²) in [5.41, 5.74) is 3.07. The number of halogens is 2. The number of hydrogen-bond donors (Lipinski definition) is 1. The van der Waals surface area contributed by atoms with Crippen molar-refractivity contribution in [3.05, 3.63) is 141 Å². The molecule has 178 valence electrons. The molecule has 0 saturated carbocycles. The zero-order valence-electron chi connectivity index (χ0n) is 19.6. The highest BCUT2D eigenvalue weighted by Gasteiger charge is 2.47. The summed E-state index contributed by atoms with van der Waals surface area (Å²) in [5.74, 6) is 1.34. The highest BCUT2D eigenvalue weighted by molar-refractivity contribution is 9.10. The second-order valence-corrected chi connectivity index (χ2v) is 11.1. The van der Waals surface area contributed by atoms with E-state index in [0.717, 1.165) is 58.5 Å². The molecule has 7 rings (SSSR count). The van der Waals surface area contributed by atoms with Gasteiger partial charge in [0, 0.05) is 25.6 Å². The second-order valence-electron chi connectivity index (χ2n) is 9.30. The Morgan fingerprint density at radius 1 is 0.568 bits per heavy atom. The highest BCUT2D eigenvalue weighted by atomic mass is 79.9. The van der Waals surface area contributed by atoms with Crippen LogP contribution in [0, 0.1) is 0 Å². The topological polar surface area (TPSA) is 29.5 Å². The van der Waals surface area contributed by atoms with E-state index >= 15 is 0 Å². The first kappa shape index (κ1) is 22.7. The average molecular weight is 608 g/mol. The molecule has 1 aliphatic rings. The molecule has 0 saturated heterocycles. The van der Waals surface area contributed by atoms with Crippen molar-refractivity contribution in [2.24, 2.45) is 0 Å². The van der Waals surface area contributed by atoms with E-state index in [-0.39, 0.29) is 0 Å². The molecule has 37 heavy (non-hydrogen) atoms. The Morgan fingerprint density at radius 3 is 2.08 bits per heavy atom. The Hall–Kier alpha value is -3.44. The number of fused-ring (bicyclic) bond motifs is 8. The van der Waals surface area contributed by atoms with Gasteiger partial charge >= 0.3 is 0 Å². The molecule has 0 aliphatic heterocycles. The minimum absolute atomic E-state index is 0.619. The molecule has 2 nitrogen and oxygen atoms in total. The molecule has 1 atom stereocenters. The third-order valence-electron chi connectivity index (χ3n) is 7.24. The maximum absolute atomic E-state index is 13.1.